The van der Waals surface area contributed by atoms with Gasteiger partial charge in [-0.1, -0.05) is 13.8 Å². The van der Waals surface area contributed by atoms with Gasteiger partial charge in [0, 0.05) is 13.1 Å². The van der Waals surface area contributed by atoms with Crippen LogP contribution in [0.1, 0.15) is 20.3 Å². The molecule has 0 aliphatic heterocycles. The fourth-order valence-electron chi connectivity index (χ4n) is 1.03. The van der Waals surface area contributed by atoms with E-state index >= 15 is 0 Å². The summed E-state index contributed by atoms with van der Waals surface area (Å²) in [7, 11) is 1.78. The quantitative estimate of drug-likeness (QED) is 0.191. The van der Waals surface area contributed by atoms with Crippen molar-refractivity contribution in [3.05, 3.63) is 0 Å². The molecule has 1 atom stereocenters. The van der Waals surface area contributed by atoms with Gasteiger partial charge in [0.25, 0.3) is 0 Å². The van der Waals surface area contributed by atoms with Crippen molar-refractivity contribution in [3.8, 4) is 0 Å². The van der Waals surface area contributed by atoms with E-state index in [0.717, 1.165) is 18.6 Å². The molecule has 0 aliphatic rings. The summed E-state index contributed by atoms with van der Waals surface area (Å²) < 4.78 is 5.60. The molecule has 7 heteroatoms. The second kappa shape index (κ2) is 8.77. The lowest BCUT2D eigenvalue weighted by Crippen LogP contribution is -2.44. The summed E-state index contributed by atoms with van der Waals surface area (Å²) in [5.74, 6) is 0.0183. The molecule has 0 rings (SSSR count). The maximum absolute atomic E-state index is 11.4. The lowest BCUT2D eigenvalue weighted by molar-refractivity contribution is -0.123. The lowest BCUT2D eigenvalue weighted by Gasteiger charge is -2.16. The van der Waals surface area contributed by atoms with E-state index in [-0.39, 0.29) is 11.8 Å². The van der Waals surface area contributed by atoms with Crippen LogP contribution in [0.25, 0.3) is 0 Å². The molecule has 0 saturated heterocycles. The van der Waals surface area contributed by atoms with E-state index in [2.05, 4.69) is 9.65 Å². The molecule has 0 spiro atoms. The topological polar surface area (TPSA) is 87.8 Å². The fraction of sp³-hybridized carbons (Fsp3) is 0.889. The van der Waals surface area contributed by atoms with Crippen LogP contribution in [0.3, 0.4) is 0 Å². The van der Waals surface area contributed by atoms with E-state index in [4.69, 9.17) is 11.0 Å². The summed E-state index contributed by atoms with van der Waals surface area (Å²) in [5, 5.41) is 10.9. The first-order chi connectivity index (χ1) is 7.49. The smallest absolute Gasteiger partial charge is 0.237 e. The monoisotopic (exact) mass is 251 g/mol. The van der Waals surface area contributed by atoms with Crippen molar-refractivity contribution < 1.29 is 14.4 Å². The van der Waals surface area contributed by atoms with Crippen molar-refractivity contribution in [2.45, 2.75) is 26.3 Å². The third kappa shape index (κ3) is 7.02. The number of nitrogens with zero attached hydrogens (tertiary/aromatic N) is 1. The van der Waals surface area contributed by atoms with Crippen LogP contribution >= 0.6 is 12.2 Å². The second-order valence-electron chi connectivity index (χ2n) is 3.91. The normalized spacial score (nSPS) is 13.2. The van der Waals surface area contributed by atoms with Crippen LogP contribution in [0.5, 0.6) is 0 Å². The third-order valence-electron chi connectivity index (χ3n) is 2.13. The van der Waals surface area contributed by atoms with Crippen molar-refractivity contribution in [3.63, 3.8) is 0 Å². The molecule has 1 unspecified atom stereocenters. The van der Waals surface area contributed by atoms with Gasteiger partial charge in [0.1, 0.15) is 12.2 Å². The molecule has 0 fully saturated rings. The van der Waals surface area contributed by atoms with Gasteiger partial charge in [-0.2, -0.15) is 0 Å². The van der Waals surface area contributed by atoms with Gasteiger partial charge in [-0.15, -0.1) is 4.33 Å². The molecule has 0 aromatic carbocycles. The molecule has 0 bridgehead atoms. The molecule has 6 nitrogen and oxygen atoms in total. The molecule has 0 aliphatic carbocycles. The minimum atomic E-state index is -0.451. The summed E-state index contributed by atoms with van der Waals surface area (Å²) in [6.07, 6.45) is 0.767. The molecular formula is C9H21N3O3S. The first-order valence-electron chi connectivity index (χ1n) is 5.21. The number of hydrogen-bond acceptors (Lipinski definition) is 6. The lowest BCUT2D eigenvalue weighted by atomic mass is 10.1. The molecule has 4 N–H and O–H groups in total. The number of rotatable bonds is 8. The van der Waals surface area contributed by atoms with Crippen LogP contribution in [0.4, 0.5) is 0 Å². The average Bonchev–Trinajstić information content (AvgIpc) is 2.23. The van der Waals surface area contributed by atoms with Crippen molar-refractivity contribution in [1.82, 2.24) is 9.62 Å². The molecule has 16 heavy (non-hydrogen) atoms. The van der Waals surface area contributed by atoms with Crippen molar-refractivity contribution in [1.29, 1.82) is 0 Å². The molecule has 0 heterocycles. The minimum absolute atomic E-state index is 0.122. The highest BCUT2D eigenvalue weighted by molar-refractivity contribution is 7.92. The van der Waals surface area contributed by atoms with Crippen LogP contribution in [0, 0.1) is 5.92 Å². The summed E-state index contributed by atoms with van der Waals surface area (Å²) >= 11 is 0.853. The van der Waals surface area contributed by atoms with Gasteiger partial charge < -0.3 is 11.1 Å². The Morgan fingerprint density at radius 2 is 2.25 bits per heavy atom. The molecule has 0 aromatic heterocycles. The Bertz CT molecular complexity index is 204. The van der Waals surface area contributed by atoms with Gasteiger partial charge in [0.2, 0.25) is 5.91 Å². The van der Waals surface area contributed by atoms with E-state index in [1.807, 2.05) is 13.8 Å². The Labute approximate surface area is 101 Å². The standard InChI is InChI=1S/C9H21N3O3S/c1-7(2)8(10)9(13)11-5-4-6-12(3)16-15-14/h7-8,14H,4-6,10H2,1-3H3,(H,11,13). The predicted octanol–water partition coefficient (Wildman–Crippen LogP) is 0.461. The number of hydrogen-bond donors (Lipinski definition) is 3. The van der Waals surface area contributed by atoms with Crippen LogP contribution in [-0.2, 0) is 9.13 Å². The molecule has 0 radical (unpaired) electrons. The maximum Gasteiger partial charge on any atom is 0.237 e. The fourth-order valence-corrected chi connectivity index (χ4v) is 1.35. The number of carbonyl (C=O) groups excluding carboxylic acids is 1. The van der Waals surface area contributed by atoms with Crippen LogP contribution in [-0.4, -0.2) is 41.6 Å². The largest absolute Gasteiger partial charge is 0.355 e. The van der Waals surface area contributed by atoms with E-state index < -0.39 is 6.04 Å². The first kappa shape index (κ1) is 15.7. The Balaban J connectivity index is 3.55. The molecule has 1 amide bonds. The molecule has 0 saturated carbocycles. The average molecular weight is 251 g/mol. The highest BCUT2D eigenvalue weighted by Gasteiger charge is 2.16. The molecule has 96 valence electrons. The molecule has 0 aromatic rings. The van der Waals surface area contributed by atoms with Crippen molar-refractivity contribution in [2.75, 3.05) is 20.1 Å². The maximum atomic E-state index is 11.4. The second-order valence-corrected chi connectivity index (χ2v) is 4.84. The van der Waals surface area contributed by atoms with Gasteiger partial charge in [-0.25, -0.2) is 9.56 Å². The van der Waals surface area contributed by atoms with Gasteiger partial charge >= 0.3 is 0 Å². The van der Waals surface area contributed by atoms with Gasteiger partial charge in [-0.3, -0.25) is 4.79 Å². The Kier molecular flexibility index (Phi) is 8.58. The highest BCUT2D eigenvalue weighted by atomic mass is 32.2. The third-order valence-corrected chi connectivity index (χ3v) is 2.63. The van der Waals surface area contributed by atoms with Crippen LogP contribution < -0.4 is 11.1 Å². The SMILES string of the molecule is CC(C)C(N)C(=O)NCCCN(C)SOO. The van der Waals surface area contributed by atoms with E-state index in [1.54, 1.807) is 11.4 Å². The highest BCUT2D eigenvalue weighted by Crippen LogP contribution is 2.05. The van der Waals surface area contributed by atoms with Gasteiger partial charge in [0.15, 0.2) is 0 Å². The Morgan fingerprint density at radius 1 is 1.62 bits per heavy atom. The van der Waals surface area contributed by atoms with Crippen molar-refractivity contribution in [2.24, 2.45) is 11.7 Å². The zero-order chi connectivity index (χ0) is 12.6. The van der Waals surface area contributed by atoms with Gasteiger partial charge in [-0.05, 0) is 19.4 Å². The van der Waals surface area contributed by atoms with E-state index in [9.17, 15) is 4.79 Å². The first-order valence-corrected chi connectivity index (χ1v) is 5.91. The summed E-state index contributed by atoms with van der Waals surface area (Å²) in [6.45, 7) is 5.08. The Morgan fingerprint density at radius 3 is 2.75 bits per heavy atom. The summed E-state index contributed by atoms with van der Waals surface area (Å²) in [4.78, 5) is 11.4. The summed E-state index contributed by atoms with van der Waals surface area (Å²) in [6, 6.07) is -0.451. The van der Waals surface area contributed by atoms with Crippen molar-refractivity contribution >= 4 is 18.1 Å². The Hall–Kier alpha value is -0.340. The van der Waals surface area contributed by atoms with Crippen LogP contribution in [0.2, 0.25) is 0 Å². The zero-order valence-electron chi connectivity index (χ0n) is 9.97. The number of nitrogens with one attached hydrogen (secondary N) is 1. The molecular weight excluding hydrogens is 230 g/mol. The van der Waals surface area contributed by atoms with E-state index in [0.29, 0.717) is 13.1 Å². The number of carbonyl (C=O) groups is 1. The van der Waals surface area contributed by atoms with Gasteiger partial charge in [0.05, 0.1) is 6.04 Å². The predicted molar refractivity (Wildman–Crippen MR) is 64.4 cm³/mol. The number of nitrogens with two attached hydrogens (primary N) is 1. The van der Waals surface area contributed by atoms with E-state index in [1.165, 1.54) is 0 Å². The minimum Gasteiger partial charge on any atom is -0.355 e. The summed E-state index contributed by atoms with van der Waals surface area (Å²) in [5.41, 5.74) is 5.67. The number of amides is 1. The zero-order valence-corrected chi connectivity index (χ0v) is 10.8. The van der Waals surface area contributed by atoms with Crippen LogP contribution in [0.15, 0.2) is 0 Å².